The van der Waals surface area contributed by atoms with Crippen molar-refractivity contribution in [3.8, 4) is 16.9 Å². The molecular weight excluding hydrogens is 278 g/mol. The normalized spacial score (nSPS) is 10.3. The summed E-state index contributed by atoms with van der Waals surface area (Å²) < 4.78 is 5.66. The van der Waals surface area contributed by atoms with Gasteiger partial charge in [0.1, 0.15) is 10.9 Å². The highest BCUT2D eigenvalue weighted by Crippen LogP contribution is 2.31. The second kappa shape index (κ2) is 6.39. The van der Waals surface area contributed by atoms with E-state index in [-0.39, 0.29) is 10.7 Å². The van der Waals surface area contributed by atoms with Crippen LogP contribution >= 0.6 is 11.6 Å². The third kappa shape index (κ3) is 3.08. The molecule has 2 rings (SSSR count). The summed E-state index contributed by atoms with van der Waals surface area (Å²) in [5.41, 5.74) is 1.44. The van der Waals surface area contributed by atoms with Gasteiger partial charge in [0, 0.05) is 17.3 Å². The molecule has 2 aromatic rings. The lowest BCUT2D eigenvalue weighted by molar-refractivity contribution is 0.0696. The first-order valence-electron chi connectivity index (χ1n) is 6.24. The second-order valence-electron chi connectivity index (χ2n) is 4.21. The monoisotopic (exact) mass is 291 g/mol. The predicted octanol–water partition coefficient (Wildman–Crippen LogP) is 3.89. The van der Waals surface area contributed by atoms with Crippen molar-refractivity contribution in [2.45, 2.75) is 13.3 Å². The molecule has 4 nitrogen and oxygen atoms in total. The van der Waals surface area contributed by atoms with Gasteiger partial charge in [-0.1, -0.05) is 36.7 Å². The van der Waals surface area contributed by atoms with Crippen molar-refractivity contribution in [3.63, 3.8) is 0 Å². The van der Waals surface area contributed by atoms with Gasteiger partial charge in [0.15, 0.2) is 0 Å². The summed E-state index contributed by atoms with van der Waals surface area (Å²) in [6, 6.07) is 8.95. The molecule has 5 heteroatoms. The third-order valence-electron chi connectivity index (χ3n) is 2.73. The molecule has 0 aliphatic rings. The van der Waals surface area contributed by atoms with Gasteiger partial charge in [0.2, 0.25) is 0 Å². The summed E-state index contributed by atoms with van der Waals surface area (Å²) in [6.45, 7) is 2.62. The highest BCUT2D eigenvalue weighted by atomic mass is 35.5. The maximum Gasteiger partial charge on any atom is 0.338 e. The Bertz CT molecular complexity index is 628. The van der Waals surface area contributed by atoms with Gasteiger partial charge >= 0.3 is 5.97 Å². The minimum atomic E-state index is -1.10. The molecule has 0 amide bonds. The molecule has 0 fully saturated rings. The number of carboxylic acids is 1. The van der Waals surface area contributed by atoms with E-state index >= 15 is 0 Å². The maximum absolute atomic E-state index is 11.1. The average Bonchev–Trinajstić information content (AvgIpc) is 2.46. The van der Waals surface area contributed by atoms with Crippen molar-refractivity contribution < 1.29 is 14.6 Å². The zero-order valence-corrected chi connectivity index (χ0v) is 11.7. The highest BCUT2D eigenvalue weighted by Gasteiger charge is 2.13. The van der Waals surface area contributed by atoms with Crippen LogP contribution in [0.25, 0.3) is 11.1 Å². The fourth-order valence-electron chi connectivity index (χ4n) is 1.79. The summed E-state index contributed by atoms with van der Waals surface area (Å²) in [7, 11) is 0. The third-order valence-corrected chi connectivity index (χ3v) is 3.03. The van der Waals surface area contributed by atoms with Gasteiger partial charge in [-0.25, -0.2) is 9.78 Å². The first kappa shape index (κ1) is 14.3. The van der Waals surface area contributed by atoms with Crippen LogP contribution in [-0.2, 0) is 0 Å². The molecule has 0 aliphatic carbocycles. The van der Waals surface area contributed by atoms with Crippen LogP contribution in [0.3, 0.4) is 0 Å². The predicted molar refractivity (Wildman–Crippen MR) is 77.4 cm³/mol. The van der Waals surface area contributed by atoms with E-state index in [1.165, 1.54) is 6.07 Å². The number of carboxylic acid groups (broad SMARTS) is 1. The topological polar surface area (TPSA) is 59.4 Å². The van der Waals surface area contributed by atoms with E-state index < -0.39 is 5.97 Å². The second-order valence-corrected chi connectivity index (χ2v) is 4.57. The molecule has 0 saturated heterocycles. The quantitative estimate of drug-likeness (QED) is 0.849. The number of halogens is 1. The Morgan fingerprint density at radius 3 is 2.85 bits per heavy atom. The Kier molecular flexibility index (Phi) is 4.58. The average molecular weight is 292 g/mol. The number of pyridine rings is 1. The smallest absolute Gasteiger partial charge is 0.338 e. The van der Waals surface area contributed by atoms with Crippen LogP contribution in [0.4, 0.5) is 0 Å². The van der Waals surface area contributed by atoms with Gasteiger partial charge in [0.05, 0.1) is 12.2 Å². The van der Waals surface area contributed by atoms with Crippen molar-refractivity contribution in [1.82, 2.24) is 4.98 Å². The molecule has 0 spiro atoms. The molecule has 20 heavy (non-hydrogen) atoms. The number of hydrogen-bond donors (Lipinski definition) is 1. The molecule has 0 bridgehead atoms. The van der Waals surface area contributed by atoms with E-state index in [0.717, 1.165) is 12.0 Å². The Hall–Kier alpha value is -2.07. The number of hydrogen-bond acceptors (Lipinski definition) is 3. The Balaban J connectivity index is 2.46. The minimum absolute atomic E-state index is 0.0190. The fraction of sp³-hybridized carbons (Fsp3) is 0.200. The molecule has 1 aromatic heterocycles. The van der Waals surface area contributed by atoms with E-state index in [1.54, 1.807) is 6.20 Å². The molecule has 0 unspecified atom stereocenters. The van der Waals surface area contributed by atoms with Crippen LogP contribution in [0.2, 0.25) is 5.15 Å². The van der Waals surface area contributed by atoms with E-state index in [9.17, 15) is 4.79 Å². The number of ether oxygens (including phenoxy) is 1. The zero-order valence-electron chi connectivity index (χ0n) is 11.0. The van der Waals surface area contributed by atoms with E-state index in [1.807, 2.05) is 31.2 Å². The van der Waals surface area contributed by atoms with Gasteiger partial charge in [-0.15, -0.1) is 0 Å². The van der Waals surface area contributed by atoms with Gasteiger partial charge < -0.3 is 9.84 Å². The standard InChI is InChI=1S/C15H14ClNO3/c1-2-7-20-13-6-4-3-5-11(13)10-8-12(15(18)19)14(16)17-9-10/h3-6,8-9H,2,7H2,1H3,(H,18,19). The molecule has 104 valence electrons. The summed E-state index contributed by atoms with van der Waals surface area (Å²) >= 11 is 5.78. The summed E-state index contributed by atoms with van der Waals surface area (Å²) in [6.07, 6.45) is 2.44. The lowest BCUT2D eigenvalue weighted by Crippen LogP contribution is -2.01. The number of aromatic nitrogens is 1. The van der Waals surface area contributed by atoms with Gasteiger partial charge in [-0.2, -0.15) is 0 Å². The van der Waals surface area contributed by atoms with Crippen molar-refractivity contribution in [2.24, 2.45) is 0 Å². The Labute approximate surface area is 122 Å². The molecule has 0 atom stereocenters. The van der Waals surface area contributed by atoms with E-state index in [0.29, 0.717) is 17.9 Å². The van der Waals surface area contributed by atoms with Gasteiger partial charge in [0.25, 0.3) is 0 Å². The maximum atomic E-state index is 11.1. The summed E-state index contributed by atoms with van der Waals surface area (Å²) in [5, 5.41) is 9.07. The van der Waals surface area contributed by atoms with Gasteiger partial charge in [-0.3, -0.25) is 0 Å². The zero-order chi connectivity index (χ0) is 14.5. The van der Waals surface area contributed by atoms with Crippen molar-refractivity contribution in [3.05, 3.63) is 47.2 Å². The molecule has 1 heterocycles. The highest BCUT2D eigenvalue weighted by molar-refractivity contribution is 6.32. The molecule has 0 saturated carbocycles. The lowest BCUT2D eigenvalue weighted by atomic mass is 10.0. The van der Waals surface area contributed by atoms with Crippen LogP contribution in [0.5, 0.6) is 5.75 Å². The number of carbonyl (C=O) groups is 1. The number of aromatic carboxylic acids is 1. The van der Waals surface area contributed by atoms with Gasteiger partial charge in [-0.05, 0) is 18.6 Å². The van der Waals surface area contributed by atoms with Crippen LogP contribution in [0.1, 0.15) is 23.7 Å². The summed E-state index contributed by atoms with van der Waals surface area (Å²) in [4.78, 5) is 15.0. The van der Waals surface area contributed by atoms with E-state index in [2.05, 4.69) is 4.98 Å². The Morgan fingerprint density at radius 1 is 1.40 bits per heavy atom. The first-order chi connectivity index (χ1) is 9.63. The largest absolute Gasteiger partial charge is 0.493 e. The molecular formula is C15H14ClNO3. The van der Waals surface area contributed by atoms with E-state index in [4.69, 9.17) is 21.4 Å². The number of nitrogens with zero attached hydrogens (tertiary/aromatic N) is 1. The first-order valence-corrected chi connectivity index (χ1v) is 6.62. The van der Waals surface area contributed by atoms with Crippen LogP contribution in [-0.4, -0.2) is 22.7 Å². The number of rotatable bonds is 5. The number of para-hydroxylation sites is 1. The SMILES string of the molecule is CCCOc1ccccc1-c1cnc(Cl)c(C(=O)O)c1. The van der Waals surface area contributed by atoms with Crippen LogP contribution < -0.4 is 4.74 Å². The van der Waals surface area contributed by atoms with Crippen molar-refractivity contribution in [1.29, 1.82) is 0 Å². The molecule has 1 aromatic carbocycles. The minimum Gasteiger partial charge on any atom is -0.493 e. The molecule has 0 radical (unpaired) electrons. The lowest BCUT2D eigenvalue weighted by Gasteiger charge is -2.11. The summed E-state index contributed by atoms with van der Waals surface area (Å²) in [5.74, 6) is -0.397. The van der Waals surface area contributed by atoms with Crippen LogP contribution in [0.15, 0.2) is 36.5 Å². The number of benzene rings is 1. The Morgan fingerprint density at radius 2 is 2.15 bits per heavy atom. The molecule has 0 aliphatic heterocycles. The molecule has 1 N–H and O–H groups in total. The van der Waals surface area contributed by atoms with Crippen LogP contribution in [0, 0.1) is 0 Å². The fourth-order valence-corrected chi connectivity index (χ4v) is 1.97. The van der Waals surface area contributed by atoms with Crippen molar-refractivity contribution >= 4 is 17.6 Å². The van der Waals surface area contributed by atoms with Crippen molar-refractivity contribution in [2.75, 3.05) is 6.61 Å².